The number of methoxy groups -OCH3 is 1. The van der Waals surface area contributed by atoms with Crippen LogP contribution in [0.5, 0.6) is 5.75 Å². The predicted molar refractivity (Wildman–Crippen MR) is 132 cm³/mol. The van der Waals surface area contributed by atoms with Crippen molar-refractivity contribution in [1.29, 1.82) is 0 Å². The summed E-state index contributed by atoms with van der Waals surface area (Å²) in [5, 5.41) is 7.54. The molecule has 34 heavy (non-hydrogen) atoms. The van der Waals surface area contributed by atoms with Gasteiger partial charge in [0.05, 0.1) is 18.4 Å². The highest BCUT2D eigenvalue weighted by molar-refractivity contribution is 6.02. The van der Waals surface area contributed by atoms with Gasteiger partial charge in [0.25, 0.3) is 5.91 Å². The minimum absolute atomic E-state index is 0.0860. The number of ether oxygens (including phenoxy) is 1. The van der Waals surface area contributed by atoms with Crippen LogP contribution >= 0.6 is 0 Å². The number of anilines is 1. The largest absolute Gasteiger partial charge is 0.497 e. The second-order valence-electron chi connectivity index (χ2n) is 7.64. The van der Waals surface area contributed by atoms with Crippen LogP contribution in [0.3, 0.4) is 0 Å². The van der Waals surface area contributed by atoms with Crippen molar-refractivity contribution in [3.8, 4) is 22.7 Å². The first-order chi connectivity index (χ1) is 16.6. The molecule has 3 aromatic carbocycles. The van der Waals surface area contributed by atoms with Gasteiger partial charge in [-0.25, -0.2) is 4.68 Å². The lowest BCUT2D eigenvalue weighted by molar-refractivity contribution is -0.116. The summed E-state index contributed by atoms with van der Waals surface area (Å²) in [6, 6.07) is 26.3. The van der Waals surface area contributed by atoms with Crippen molar-refractivity contribution in [3.05, 3.63) is 96.7 Å². The van der Waals surface area contributed by atoms with Crippen molar-refractivity contribution in [3.63, 3.8) is 0 Å². The first kappa shape index (κ1) is 22.8. The molecule has 7 heteroatoms. The summed E-state index contributed by atoms with van der Waals surface area (Å²) in [4.78, 5) is 27.8. The molecular formula is C27H26N4O3. The standard InChI is InChI=1S/C27H26N4O3/c1-3-30(19-25(32)28-21-13-10-16-23(17-21)34-2)27(33)24-18-31(22-14-8-5-9-15-22)29-26(24)20-11-6-4-7-12-20/h4-18H,3,19H2,1-2H3,(H,28,32). The van der Waals surface area contributed by atoms with Gasteiger partial charge in [-0.3, -0.25) is 9.59 Å². The molecule has 0 saturated heterocycles. The molecule has 4 aromatic rings. The average Bonchev–Trinajstić information content (AvgIpc) is 3.33. The summed E-state index contributed by atoms with van der Waals surface area (Å²) in [6.07, 6.45) is 1.72. The van der Waals surface area contributed by atoms with E-state index in [0.717, 1.165) is 11.3 Å². The van der Waals surface area contributed by atoms with Gasteiger partial charge in [-0.2, -0.15) is 5.10 Å². The number of nitrogens with one attached hydrogen (secondary N) is 1. The Hall–Kier alpha value is -4.39. The lowest BCUT2D eigenvalue weighted by Gasteiger charge is -2.20. The summed E-state index contributed by atoms with van der Waals surface area (Å²) in [6.45, 7) is 2.13. The summed E-state index contributed by atoms with van der Waals surface area (Å²) >= 11 is 0. The number of likely N-dealkylation sites (N-methyl/N-ethyl adjacent to an activating group) is 1. The number of carbonyl (C=O) groups is 2. The Morgan fingerprint density at radius 2 is 1.68 bits per heavy atom. The first-order valence-corrected chi connectivity index (χ1v) is 11.0. The zero-order chi connectivity index (χ0) is 23.9. The maximum absolute atomic E-state index is 13.6. The van der Waals surface area contributed by atoms with E-state index in [0.29, 0.717) is 29.2 Å². The van der Waals surface area contributed by atoms with Crippen LogP contribution in [0.1, 0.15) is 17.3 Å². The normalized spacial score (nSPS) is 10.5. The third-order valence-electron chi connectivity index (χ3n) is 5.37. The minimum atomic E-state index is -0.292. The fraction of sp³-hybridized carbons (Fsp3) is 0.148. The van der Waals surface area contributed by atoms with Gasteiger partial charge in [-0.1, -0.05) is 54.6 Å². The zero-order valence-electron chi connectivity index (χ0n) is 19.1. The lowest BCUT2D eigenvalue weighted by atomic mass is 10.1. The molecule has 0 radical (unpaired) electrons. The zero-order valence-corrected chi connectivity index (χ0v) is 19.1. The van der Waals surface area contributed by atoms with Crippen LogP contribution in [-0.2, 0) is 4.79 Å². The van der Waals surface area contributed by atoms with Gasteiger partial charge in [-0.15, -0.1) is 0 Å². The van der Waals surface area contributed by atoms with Crippen LogP contribution in [0.15, 0.2) is 91.1 Å². The quantitative estimate of drug-likeness (QED) is 0.421. The first-order valence-electron chi connectivity index (χ1n) is 11.0. The molecule has 0 unspecified atom stereocenters. The monoisotopic (exact) mass is 454 g/mol. The van der Waals surface area contributed by atoms with Crippen LogP contribution < -0.4 is 10.1 Å². The molecule has 0 aliphatic rings. The molecule has 0 spiro atoms. The number of hydrogen-bond donors (Lipinski definition) is 1. The van der Waals surface area contributed by atoms with Gasteiger partial charge in [-0.05, 0) is 31.2 Å². The molecule has 1 aromatic heterocycles. The fourth-order valence-electron chi connectivity index (χ4n) is 3.62. The molecule has 1 heterocycles. The molecular weight excluding hydrogens is 428 g/mol. The van der Waals surface area contributed by atoms with E-state index in [1.807, 2.05) is 67.6 Å². The molecule has 0 aliphatic carbocycles. The van der Waals surface area contributed by atoms with E-state index < -0.39 is 0 Å². The van der Waals surface area contributed by atoms with Crippen LogP contribution in [0.25, 0.3) is 16.9 Å². The molecule has 0 bridgehead atoms. The average molecular weight is 455 g/mol. The third-order valence-corrected chi connectivity index (χ3v) is 5.37. The molecule has 172 valence electrons. The van der Waals surface area contributed by atoms with E-state index in [9.17, 15) is 9.59 Å². The molecule has 0 aliphatic heterocycles. The molecule has 0 saturated carbocycles. The highest BCUT2D eigenvalue weighted by Gasteiger charge is 2.24. The molecule has 7 nitrogen and oxygen atoms in total. The fourth-order valence-corrected chi connectivity index (χ4v) is 3.62. The smallest absolute Gasteiger partial charge is 0.258 e. The topological polar surface area (TPSA) is 76.5 Å². The van der Waals surface area contributed by atoms with Gasteiger partial charge < -0.3 is 15.0 Å². The number of carbonyl (C=O) groups excluding carboxylic acids is 2. The Morgan fingerprint density at radius 3 is 2.35 bits per heavy atom. The van der Waals surface area contributed by atoms with E-state index >= 15 is 0 Å². The van der Waals surface area contributed by atoms with E-state index in [4.69, 9.17) is 9.84 Å². The van der Waals surface area contributed by atoms with Crippen molar-refractivity contribution in [2.45, 2.75) is 6.92 Å². The molecule has 2 amide bonds. The van der Waals surface area contributed by atoms with Crippen molar-refractivity contribution in [2.24, 2.45) is 0 Å². The SMILES string of the molecule is CCN(CC(=O)Nc1cccc(OC)c1)C(=O)c1cn(-c2ccccc2)nc1-c1ccccc1. The van der Waals surface area contributed by atoms with Gasteiger partial charge in [0, 0.05) is 30.1 Å². The van der Waals surface area contributed by atoms with Crippen molar-refractivity contribution < 1.29 is 14.3 Å². The van der Waals surface area contributed by atoms with Gasteiger partial charge >= 0.3 is 0 Å². The Morgan fingerprint density at radius 1 is 0.971 bits per heavy atom. The van der Waals surface area contributed by atoms with Crippen LogP contribution in [0.4, 0.5) is 5.69 Å². The summed E-state index contributed by atoms with van der Waals surface area (Å²) < 4.78 is 6.90. The number of para-hydroxylation sites is 1. The summed E-state index contributed by atoms with van der Waals surface area (Å²) in [7, 11) is 1.57. The Balaban J connectivity index is 1.60. The van der Waals surface area contributed by atoms with E-state index in [-0.39, 0.29) is 18.4 Å². The predicted octanol–water partition coefficient (Wildman–Crippen LogP) is 4.65. The number of amides is 2. The van der Waals surface area contributed by atoms with E-state index in [2.05, 4.69) is 5.32 Å². The second-order valence-corrected chi connectivity index (χ2v) is 7.64. The summed E-state index contributed by atoms with van der Waals surface area (Å²) in [5.74, 6) is 0.0894. The number of aromatic nitrogens is 2. The van der Waals surface area contributed by atoms with Gasteiger partial charge in [0.2, 0.25) is 5.91 Å². The highest BCUT2D eigenvalue weighted by Crippen LogP contribution is 2.25. The van der Waals surface area contributed by atoms with Crippen LogP contribution in [0, 0.1) is 0 Å². The minimum Gasteiger partial charge on any atom is -0.497 e. The lowest BCUT2D eigenvalue weighted by Crippen LogP contribution is -2.38. The van der Waals surface area contributed by atoms with Crippen molar-refractivity contribution in [1.82, 2.24) is 14.7 Å². The maximum atomic E-state index is 13.6. The van der Waals surface area contributed by atoms with Crippen molar-refractivity contribution in [2.75, 3.05) is 25.5 Å². The Labute approximate surface area is 198 Å². The molecule has 1 N–H and O–H groups in total. The Kier molecular flexibility index (Phi) is 7.03. The second kappa shape index (κ2) is 10.5. The number of benzene rings is 3. The van der Waals surface area contributed by atoms with Crippen molar-refractivity contribution >= 4 is 17.5 Å². The maximum Gasteiger partial charge on any atom is 0.258 e. The number of rotatable bonds is 8. The highest BCUT2D eigenvalue weighted by atomic mass is 16.5. The van der Waals surface area contributed by atoms with Crippen LogP contribution in [0.2, 0.25) is 0 Å². The summed E-state index contributed by atoms with van der Waals surface area (Å²) in [5.41, 5.74) is 3.29. The molecule has 0 fully saturated rings. The van der Waals surface area contributed by atoms with Crippen LogP contribution in [-0.4, -0.2) is 46.7 Å². The number of hydrogen-bond acceptors (Lipinski definition) is 4. The van der Waals surface area contributed by atoms with E-state index in [1.54, 1.807) is 42.3 Å². The van der Waals surface area contributed by atoms with E-state index in [1.165, 1.54) is 4.90 Å². The van der Waals surface area contributed by atoms with Gasteiger partial charge in [0.15, 0.2) is 0 Å². The Bertz CT molecular complexity index is 1270. The van der Waals surface area contributed by atoms with Gasteiger partial charge in [0.1, 0.15) is 18.0 Å². The molecule has 4 rings (SSSR count). The third kappa shape index (κ3) is 5.15. The number of nitrogens with zero attached hydrogens (tertiary/aromatic N) is 3. The molecule has 0 atom stereocenters.